The average molecular weight is 279 g/mol. The Bertz CT molecular complexity index is 477. The number of para-hydroxylation sites is 1. The Balaban J connectivity index is 1.90. The SMILES string of the molecule is Cc1ccccc1OCC(=O)N1CCC[C@@](O)(CO)C1. The van der Waals surface area contributed by atoms with Crippen molar-refractivity contribution in [2.24, 2.45) is 0 Å². The summed E-state index contributed by atoms with van der Waals surface area (Å²) in [6.07, 6.45) is 1.21. The summed E-state index contributed by atoms with van der Waals surface area (Å²) in [6, 6.07) is 7.52. The summed E-state index contributed by atoms with van der Waals surface area (Å²) in [5, 5.41) is 19.2. The van der Waals surface area contributed by atoms with Gasteiger partial charge in [0.25, 0.3) is 5.91 Å². The van der Waals surface area contributed by atoms with Crippen molar-refractivity contribution in [3.8, 4) is 5.75 Å². The number of nitrogens with zero attached hydrogens (tertiary/aromatic N) is 1. The molecule has 1 aromatic rings. The number of aliphatic hydroxyl groups excluding tert-OH is 1. The lowest BCUT2D eigenvalue weighted by Crippen LogP contribution is -2.53. The maximum atomic E-state index is 12.1. The van der Waals surface area contributed by atoms with E-state index < -0.39 is 5.60 Å². The fourth-order valence-corrected chi connectivity index (χ4v) is 2.40. The van der Waals surface area contributed by atoms with E-state index in [4.69, 9.17) is 4.74 Å². The van der Waals surface area contributed by atoms with E-state index in [9.17, 15) is 15.0 Å². The van der Waals surface area contributed by atoms with Crippen molar-refractivity contribution >= 4 is 5.91 Å². The number of benzene rings is 1. The van der Waals surface area contributed by atoms with Gasteiger partial charge in [-0.2, -0.15) is 0 Å². The Morgan fingerprint density at radius 1 is 1.45 bits per heavy atom. The molecule has 5 heteroatoms. The van der Waals surface area contributed by atoms with E-state index in [-0.39, 0.29) is 25.7 Å². The average Bonchev–Trinajstić information content (AvgIpc) is 2.46. The van der Waals surface area contributed by atoms with Gasteiger partial charge in [0.15, 0.2) is 6.61 Å². The van der Waals surface area contributed by atoms with Crippen LogP contribution in [-0.2, 0) is 4.79 Å². The normalized spacial score (nSPS) is 22.6. The molecule has 0 unspecified atom stereocenters. The second-order valence-electron chi connectivity index (χ2n) is 5.36. The molecule has 1 aliphatic rings. The summed E-state index contributed by atoms with van der Waals surface area (Å²) in [4.78, 5) is 13.6. The molecule has 2 rings (SSSR count). The van der Waals surface area contributed by atoms with E-state index in [0.717, 1.165) is 5.56 Å². The molecule has 1 atom stereocenters. The smallest absolute Gasteiger partial charge is 0.260 e. The van der Waals surface area contributed by atoms with Crippen molar-refractivity contribution in [1.29, 1.82) is 0 Å². The molecule has 1 aliphatic heterocycles. The summed E-state index contributed by atoms with van der Waals surface area (Å²) >= 11 is 0. The number of amides is 1. The lowest BCUT2D eigenvalue weighted by molar-refractivity contribution is -0.142. The fourth-order valence-electron chi connectivity index (χ4n) is 2.40. The first-order valence-electron chi connectivity index (χ1n) is 6.83. The van der Waals surface area contributed by atoms with Gasteiger partial charge in [0.05, 0.1) is 13.2 Å². The number of rotatable bonds is 4. The van der Waals surface area contributed by atoms with Crippen molar-refractivity contribution < 1.29 is 19.7 Å². The molecule has 20 heavy (non-hydrogen) atoms. The molecule has 110 valence electrons. The second kappa shape index (κ2) is 6.24. The van der Waals surface area contributed by atoms with Crippen LogP contribution in [0.1, 0.15) is 18.4 Å². The van der Waals surface area contributed by atoms with Gasteiger partial charge in [0.2, 0.25) is 0 Å². The molecule has 0 aromatic heterocycles. The van der Waals surface area contributed by atoms with Gasteiger partial charge in [-0.1, -0.05) is 18.2 Å². The third-order valence-electron chi connectivity index (χ3n) is 3.65. The molecule has 2 N–H and O–H groups in total. The van der Waals surface area contributed by atoms with Crippen LogP contribution in [0.4, 0.5) is 0 Å². The molecular formula is C15H21NO4. The Kier molecular flexibility index (Phi) is 4.62. The van der Waals surface area contributed by atoms with E-state index in [1.165, 1.54) is 0 Å². The zero-order chi connectivity index (χ0) is 14.6. The highest BCUT2D eigenvalue weighted by molar-refractivity contribution is 5.78. The first-order chi connectivity index (χ1) is 9.54. The van der Waals surface area contributed by atoms with Crippen LogP contribution in [0.2, 0.25) is 0 Å². The number of aliphatic hydroxyl groups is 2. The summed E-state index contributed by atoms with van der Waals surface area (Å²) in [6.45, 7) is 2.31. The van der Waals surface area contributed by atoms with Gasteiger partial charge in [0, 0.05) is 6.54 Å². The van der Waals surface area contributed by atoms with Crippen LogP contribution in [0.5, 0.6) is 5.75 Å². The molecule has 1 aromatic carbocycles. The molecule has 5 nitrogen and oxygen atoms in total. The Hall–Kier alpha value is -1.59. The number of aryl methyl sites for hydroxylation is 1. The molecule has 1 fully saturated rings. The topological polar surface area (TPSA) is 70.0 Å². The fraction of sp³-hybridized carbons (Fsp3) is 0.533. The van der Waals surface area contributed by atoms with Gasteiger partial charge in [-0.05, 0) is 31.4 Å². The highest BCUT2D eigenvalue weighted by Gasteiger charge is 2.34. The monoisotopic (exact) mass is 279 g/mol. The number of hydrogen-bond acceptors (Lipinski definition) is 4. The second-order valence-corrected chi connectivity index (χ2v) is 5.36. The third kappa shape index (κ3) is 3.49. The van der Waals surface area contributed by atoms with E-state index in [0.29, 0.717) is 25.1 Å². The molecule has 1 heterocycles. The van der Waals surface area contributed by atoms with Crippen LogP contribution in [0.25, 0.3) is 0 Å². The van der Waals surface area contributed by atoms with Gasteiger partial charge in [-0.15, -0.1) is 0 Å². The van der Waals surface area contributed by atoms with Crippen molar-refractivity contribution in [1.82, 2.24) is 4.90 Å². The minimum Gasteiger partial charge on any atom is -0.484 e. The van der Waals surface area contributed by atoms with Crippen molar-refractivity contribution in [2.45, 2.75) is 25.4 Å². The number of piperidine rings is 1. The number of hydrogen-bond donors (Lipinski definition) is 2. The number of ether oxygens (including phenoxy) is 1. The van der Waals surface area contributed by atoms with Crippen LogP contribution in [0.3, 0.4) is 0 Å². The predicted octanol–water partition coefficient (Wildman–Crippen LogP) is 0.720. The maximum Gasteiger partial charge on any atom is 0.260 e. The van der Waals surface area contributed by atoms with E-state index in [2.05, 4.69) is 0 Å². The number of β-amino-alcohol motifs (C(OH)–C–C–N with tert-alkyl or cyclic N) is 1. The largest absolute Gasteiger partial charge is 0.484 e. The third-order valence-corrected chi connectivity index (χ3v) is 3.65. The van der Waals surface area contributed by atoms with Crippen LogP contribution in [0, 0.1) is 6.92 Å². The van der Waals surface area contributed by atoms with Crippen LogP contribution in [0.15, 0.2) is 24.3 Å². The quantitative estimate of drug-likeness (QED) is 0.852. The molecule has 0 spiro atoms. The standard InChI is InChI=1S/C15H21NO4/c1-12-5-2-3-6-13(12)20-9-14(18)16-8-4-7-15(19,10-16)11-17/h2-3,5-6,17,19H,4,7-11H2,1H3/t15-/m0/s1. The van der Waals surface area contributed by atoms with Crippen LogP contribution >= 0.6 is 0 Å². The first kappa shape index (κ1) is 14.8. The number of carbonyl (C=O) groups is 1. The van der Waals surface area contributed by atoms with Crippen molar-refractivity contribution in [3.63, 3.8) is 0 Å². The molecule has 1 amide bonds. The first-order valence-corrected chi connectivity index (χ1v) is 6.83. The van der Waals surface area contributed by atoms with E-state index >= 15 is 0 Å². The Morgan fingerprint density at radius 3 is 2.90 bits per heavy atom. The number of carbonyl (C=O) groups excluding carboxylic acids is 1. The van der Waals surface area contributed by atoms with E-state index in [1.54, 1.807) is 4.90 Å². The zero-order valence-corrected chi connectivity index (χ0v) is 11.7. The summed E-state index contributed by atoms with van der Waals surface area (Å²) < 4.78 is 5.52. The van der Waals surface area contributed by atoms with E-state index in [1.807, 2.05) is 31.2 Å². The van der Waals surface area contributed by atoms with Gasteiger partial charge in [-0.3, -0.25) is 4.79 Å². The molecule has 1 saturated heterocycles. The van der Waals surface area contributed by atoms with Crippen molar-refractivity contribution in [2.75, 3.05) is 26.3 Å². The highest BCUT2D eigenvalue weighted by atomic mass is 16.5. The summed E-state index contributed by atoms with van der Waals surface area (Å²) in [5.74, 6) is 0.523. The van der Waals surface area contributed by atoms with Crippen LogP contribution in [-0.4, -0.2) is 52.9 Å². The highest BCUT2D eigenvalue weighted by Crippen LogP contribution is 2.21. The summed E-state index contributed by atoms with van der Waals surface area (Å²) in [7, 11) is 0. The van der Waals surface area contributed by atoms with Gasteiger partial charge >= 0.3 is 0 Å². The van der Waals surface area contributed by atoms with Crippen molar-refractivity contribution in [3.05, 3.63) is 29.8 Å². The minimum atomic E-state index is -1.17. The van der Waals surface area contributed by atoms with Gasteiger partial charge < -0.3 is 19.8 Å². The minimum absolute atomic E-state index is 0.0492. The number of likely N-dealkylation sites (tertiary alicyclic amines) is 1. The zero-order valence-electron chi connectivity index (χ0n) is 11.7. The Morgan fingerprint density at radius 2 is 2.20 bits per heavy atom. The van der Waals surface area contributed by atoms with Gasteiger partial charge in [0.1, 0.15) is 11.4 Å². The molecule has 0 saturated carbocycles. The summed E-state index contributed by atoms with van der Waals surface area (Å²) in [5.41, 5.74) is -0.192. The molecule has 0 radical (unpaired) electrons. The van der Waals surface area contributed by atoms with Gasteiger partial charge in [-0.25, -0.2) is 0 Å². The molecule has 0 bridgehead atoms. The molecule has 0 aliphatic carbocycles. The molecular weight excluding hydrogens is 258 g/mol. The predicted molar refractivity (Wildman–Crippen MR) is 74.5 cm³/mol. The lowest BCUT2D eigenvalue weighted by atomic mass is 9.94. The van der Waals surface area contributed by atoms with Crippen LogP contribution < -0.4 is 4.74 Å². The lowest BCUT2D eigenvalue weighted by Gasteiger charge is -2.37. The Labute approximate surface area is 118 Å². The maximum absolute atomic E-state index is 12.1.